The molecule has 2 aromatic rings. The average molecular weight is 326 g/mol. The molecule has 0 spiro atoms. The molecule has 1 aromatic heterocycles. The van der Waals surface area contributed by atoms with E-state index in [9.17, 15) is 4.79 Å². The molecule has 0 bridgehead atoms. The number of aromatic nitrogens is 3. The maximum atomic E-state index is 12.7. The third-order valence-electron chi connectivity index (χ3n) is 4.89. The van der Waals surface area contributed by atoms with Gasteiger partial charge in [-0.3, -0.25) is 4.79 Å². The summed E-state index contributed by atoms with van der Waals surface area (Å²) in [6.45, 7) is 4.87. The summed E-state index contributed by atoms with van der Waals surface area (Å²) in [5.41, 5.74) is 1.09. The van der Waals surface area contributed by atoms with Crippen LogP contribution in [0.15, 0.2) is 36.7 Å². The van der Waals surface area contributed by atoms with E-state index in [0.29, 0.717) is 18.5 Å². The number of amides is 1. The Bertz CT molecular complexity index is 663. The highest BCUT2D eigenvalue weighted by Crippen LogP contribution is 2.35. The molecule has 128 valence electrons. The van der Waals surface area contributed by atoms with Crippen LogP contribution in [0, 0.1) is 5.92 Å². The van der Waals surface area contributed by atoms with E-state index >= 15 is 0 Å². The largest absolute Gasteiger partial charge is 0.355 e. The van der Waals surface area contributed by atoms with E-state index in [0.717, 1.165) is 24.2 Å². The number of hydrogen-bond acceptors (Lipinski definition) is 3. The van der Waals surface area contributed by atoms with Gasteiger partial charge in [-0.2, -0.15) is 0 Å². The molecule has 1 aliphatic rings. The molecule has 0 saturated heterocycles. The summed E-state index contributed by atoms with van der Waals surface area (Å²) in [5, 5.41) is 11.3. The van der Waals surface area contributed by atoms with Crippen LogP contribution in [-0.4, -0.2) is 27.2 Å². The van der Waals surface area contributed by atoms with Crippen molar-refractivity contribution in [3.8, 4) is 0 Å². The normalized spacial score (nSPS) is 16.6. The molecule has 24 heavy (non-hydrogen) atoms. The molecule has 2 unspecified atom stereocenters. The van der Waals surface area contributed by atoms with Crippen LogP contribution in [0.1, 0.15) is 56.5 Å². The minimum Gasteiger partial charge on any atom is -0.355 e. The van der Waals surface area contributed by atoms with Gasteiger partial charge in [0.1, 0.15) is 12.2 Å². The van der Waals surface area contributed by atoms with Gasteiger partial charge >= 0.3 is 0 Å². The molecular weight excluding hydrogens is 300 g/mol. The third kappa shape index (κ3) is 3.83. The van der Waals surface area contributed by atoms with Crippen LogP contribution in [0.5, 0.6) is 0 Å². The SMILES string of the molecule is CCC(C)C(C(=O)NCCc1nncn1C1CC1)c1ccccc1. The molecular formula is C19H26N4O. The van der Waals surface area contributed by atoms with Crippen LogP contribution in [-0.2, 0) is 11.2 Å². The van der Waals surface area contributed by atoms with E-state index < -0.39 is 0 Å². The van der Waals surface area contributed by atoms with Crippen molar-refractivity contribution in [2.24, 2.45) is 5.92 Å². The minimum absolute atomic E-state index is 0.0995. The first-order chi connectivity index (χ1) is 11.7. The molecule has 0 aliphatic heterocycles. The molecule has 5 nitrogen and oxygen atoms in total. The highest BCUT2D eigenvalue weighted by molar-refractivity contribution is 5.83. The summed E-state index contributed by atoms with van der Waals surface area (Å²) in [4.78, 5) is 12.7. The van der Waals surface area contributed by atoms with E-state index in [1.165, 1.54) is 12.8 Å². The van der Waals surface area contributed by atoms with Crippen molar-refractivity contribution in [3.05, 3.63) is 48.0 Å². The summed E-state index contributed by atoms with van der Waals surface area (Å²) >= 11 is 0. The van der Waals surface area contributed by atoms with Crippen molar-refractivity contribution in [2.75, 3.05) is 6.54 Å². The first kappa shape index (κ1) is 16.7. The van der Waals surface area contributed by atoms with E-state index in [4.69, 9.17) is 0 Å². The number of carbonyl (C=O) groups is 1. The second kappa shape index (κ2) is 7.60. The first-order valence-electron chi connectivity index (χ1n) is 8.91. The Morgan fingerprint density at radius 3 is 2.75 bits per heavy atom. The lowest BCUT2D eigenvalue weighted by Crippen LogP contribution is -2.34. The van der Waals surface area contributed by atoms with Crippen LogP contribution >= 0.6 is 0 Å². The summed E-state index contributed by atoms with van der Waals surface area (Å²) < 4.78 is 2.15. The summed E-state index contributed by atoms with van der Waals surface area (Å²) in [6.07, 6.45) is 5.93. The van der Waals surface area contributed by atoms with Gasteiger partial charge in [-0.25, -0.2) is 0 Å². The van der Waals surface area contributed by atoms with Crippen LogP contribution < -0.4 is 5.32 Å². The third-order valence-corrected chi connectivity index (χ3v) is 4.89. The van der Waals surface area contributed by atoms with Crippen molar-refractivity contribution >= 4 is 5.91 Å². The lowest BCUT2D eigenvalue weighted by molar-refractivity contribution is -0.123. The van der Waals surface area contributed by atoms with Gasteiger partial charge in [0.15, 0.2) is 0 Å². The highest BCUT2D eigenvalue weighted by Gasteiger charge is 2.27. The fourth-order valence-electron chi connectivity index (χ4n) is 3.15. The molecule has 1 heterocycles. The van der Waals surface area contributed by atoms with Gasteiger partial charge in [0.25, 0.3) is 0 Å². The zero-order chi connectivity index (χ0) is 16.9. The molecule has 1 fully saturated rings. The molecule has 1 aromatic carbocycles. The van der Waals surface area contributed by atoms with Crippen LogP contribution in [0.3, 0.4) is 0 Å². The summed E-state index contributed by atoms with van der Waals surface area (Å²) in [5.74, 6) is 1.28. The van der Waals surface area contributed by atoms with Crippen molar-refractivity contribution in [2.45, 2.75) is 51.5 Å². The number of benzene rings is 1. The predicted molar refractivity (Wildman–Crippen MR) is 93.6 cm³/mol. The van der Waals surface area contributed by atoms with Gasteiger partial charge in [0.2, 0.25) is 5.91 Å². The number of hydrogen-bond donors (Lipinski definition) is 1. The fraction of sp³-hybridized carbons (Fsp3) is 0.526. The van der Waals surface area contributed by atoms with Gasteiger partial charge < -0.3 is 9.88 Å². The summed E-state index contributed by atoms with van der Waals surface area (Å²) in [6, 6.07) is 10.6. The van der Waals surface area contributed by atoms with Crippen molar-refractivity contribution < 1.29 is 4.79 Å². The van der Waals surface area contributed by atoms with Gasteiger partial charge in [-0.15, -0.1) is 10.2 Å². The van der Waals surface area contributed by atoms with Gasteiger partial charge in [0, 0.05) is 19.0 Å². The van der Waals surface area contributed by atoms with Gasteiger partial charge in [-0.05, 0) is 24.3 Å². The maximum absolute atomic E-state index is 12.7. The molecule has 0 radical (unpaired) electrons. The predicted octanol–water partition coefficient (Wildman–Crippen LogP) is 3.10. The molecule has 1 amide bonds. The standard InChI is InChI=1S/C19H26N4O/c1-3-14(2)18(15-7-5-4-6-8-15)19(24)20-12-11-17-22-21-13-23(17)16-9-10-16/h4-8,13-14,16,18H,3,9-12H2,1-2H3,(H,20,24). The average Bonchev–Trinajstić information content (AvgIpc) is 3.35. The Kier molecular flexibility index (Phi) is 5.28. The van der Waals surface area contributed by atoms with E-state index in [2.05, 4.69) is 33.9 Å². The number of carbonyl (C=O) groups excluding carboxylic acids is 1. The maximum Gasteiger partial charge on any atom is 0.227 e. The highest BCUT2D eigenvalue weighted by atomic mass is 16.1. The smallest absolute Gasteiger partial charge is 0.227 e. The van der Waals surface area contributed by atoms with Crippen molar-refractivity contribution in [1.82, 2.24) is 20.1 Å². The van der Waals surface area contributed by atoms with Crippen LogP contribution in [0.4, 0.5) is 0 Å². The van der Waals surface area contributed by atoms with Crippen LogP contribution in [0.2, 0.25) is 0 Å². The zero-order valence-electron chi connectivity index (χ0n) is 14.5. The number of nitrogens with zero attached hydrogens (tertiary/aromatic N) is 3. The number of nitrogens with one attached hydrogen (secondary N) is 1. The molecule has 2 atom stereocenters. The van der Waals surface area contributed by atoms with E-state index in [1.807, 2.05) is 30.3 Å². The van der Waals surface area contributed by atoms with E-state index in [-0.39, 0.29) is 11.8 Å². The van der Waals surface area contributed by atoms with Crippen molar-refractivity contribution in [3.63, 3.8) is 0 Å². The molecule has 1 aliphatic carbocycles. The second-order valence-electron chi connectivity index (χ2n) is 6.70. The Hall–Kier alpha value is -2.17. The quantitative estimate of drug-likeness (QED) is 0.811. The Balaban J connectivity index is 1.60. The monoisotopic (exact) mass is 326 g/mol. The van der Waals surface area contributed by atoms with Crippen LogP contribution in [0.25, 0.3) is 0 Å². The van der Waals surface area contributed by atoms with Gasteiger partial charge in [0.05, 0.1) is 5.92 Å². The Morgan fingerprint density at radius 1 is 1.33 bits per heavy atom. The summed E-state index contributed by atoms with van der Waals surface area (Å²) in [7, 11) is 0. The lowest BCUT2D eigenvalue weighted by atomic mass is 9.85. The van der Waals surface area contributed by atoms with E-state index in [1.54, 1.807) is 6.33 Å². The Morgan fingerprint density at radius 2 is 2.08 bits per heavy atom. The fourth-order valence-corrected chi connectivity index (χ4v) is 3.15. The zero-order valence-corrected chi connectivity index (χ0v) is 14.5. The first-order valence-corrected chi connectivity index (χ1v) is 8.91. The second-order valence-corrected chi connectivity index (χ2v) is 6.70. The van der Waals surface area contributed by atoms with Crippen molar-refractivity contribution in [1.29, 1.82) is 0 Å². The molecule has 1 N–H and O–H groups in total. The lowest BCUT2D eigenvalue weighted by Gasteiger charge is -2.22. The minimum atomic E-state index is -0.0995. The van der Waals surface area contributed by atoms with Gasteiger partial charge in [-0.1, -0.05) is 50.6 Å². The topological polar surface area (TPSA) is 59.8 Å². The Labute approximate surface area is 143 Å². The number of rotatable bonds is 8. The molecule has 3 rings (SSSR count). The molecule has 1 saturated carbocycles. The molecule has 5 heteroatoms.